The molecule has 0 spiro atoms. The summed E-state index contributed by atoms with van der Waals surface area (Å²) in [7, 11) is 2.13. The summed E-state index contributed by atoms with van der Waals surface area (Å²) in [6, 6.07) is 6.54. The van der Waals surface area contributed by atoms with E-state index in [2.05, 4.69) is 43.3 Å². The van der Waals surface area contributed by atoms with Crippen molar-refractivity contribution in [3.63, 3.8) is 0 Å². The van der Waals surface area contributed by atoms with E-state index in [1.165, 1.54) is 15.3 Å². The zero-order valence-corrected chi connectivity index (χ0v) is 13.8. The van der Waals surface area contributed by atoms with Gasteiger partial charge >= 0.3 is 0 Å². The molecule has 104 valence electrons. The van der Waals surface area contributed by atoms with Crippen LogP contribution in [0, 0.1) is 6.92 Å². The molecule has 2 nitrogen and oxygen atoms in total. The molecule has 2 unspecified atom stereocenters. The van der Waals surface area contributed by atoms with E-state index in [0.29, 0.717) is 0 Å². The van der Waals surface area contributed by atoms with Crippen LogP contribution in [0.5, 0.6) is 0 Å². The SMILES string of the molecule is Cc1ccsc1C(C(C)N)N(C)Cc1ccc(Cl)s1. The van der Waals surface area contributed by atoms with E-state index in [1.807, 2.05) is 6.07 Å². The number of aryl methyl sites for hydroxylation is 1. The van der Waals surface area contributed by atoms with Crippen LogP contribution in [-0.4, -0.2) is 18.0 Å². The molecule has 2 rings (SSSR count). The normalized spacial score (nSPS) is 14.8. The van der Waals surface area contributed by atoms with Crippen LogP contribution in [0.15, 0.2) is 23.6 Å². The van der Waals surface area contributed by atoms with Crippen molar-refractivity contribution >= 4 is 34.3 Å². The van der Waals surface area contributed by atoms with Gasteiger partial charge in [0.1, 0.15) is 0 Å². The van der Waals surface area contributed by atoms with Crippen molar-refractivity contribution in [3.05, 3.63) is 43.2 Å². The predicted molar refractivity (Wildman–Crippen MR) is 86.2 cm³/mol. The van der Waals surface area contributed by atoms with Crippen LogP contribution in [0.2, 0.25) is 4.34 Å². The molecule has 0 aliphatic rings. The summed E-state index contributed by atoms with van der Waals surface area (Å²) in [5.41, 5.74) is 7.52. The quantitative estimate of drug-likeness (QED) is 0.892. The number of hydrogen-bond donors (Lipinski definition) is 1. The van der Waals surface area contributed by atoms with Crippen molar-refractivity contribution < 1.29 is 0 Å². The Morgan fingerprint density at radius 2 is 2.11 bits per heavy atom. The third kappa shape index (κ3) is 3.58. The van der Waals surface area contributed by atoms with E-state index >= 15 is 0 Å². The summed E-state index contributed by atoms with van der Waals surface area (Å²) >= 11 is 9.41. The summed E-state index contributed by atoms with van der Waals surface area (Å²) in [4.78, 5) is 4.94. The number of likely N-dealkylation sites (N-methyl/N-ethyl adjacent to an activating group) is 1. The summed E-state index contributed by atoms with van der Waals surface area (Å²) in [5, 5.41) is 2.13. The van der Waals surface area contributed by atoms with E-state index in [4.69, 9.17) is 17.3 Å². The molecule has 19 heavy (non-hydrogen) atoms. The lowest BCUT2D eigenvalue weighted by molar-refractivity contribution is 0.215. The standard InChI is InChI=1S/C14H19ClN2S2/c1-9-6-7-18-14(9)13(10(2)16)17(3)8-11-4-5-12(15)19-11/h4-7,10,13H,8,16H2,1-3H3. The molecule has 2 N–H and O–H groups in total. The van der Waals surface area contributed by atoms with Gasteiger partial charge in [0.05, 0.1) is 10.4 Å². The molecule has 0 amide bonds. The van der Waals surface area contributed by atoms with Gasteiger partial charge in [0.25, 0.3) is 0 Å². The Morgan fingerprint density at radius 3 is 2.58 bits per heavy atom. The zero-order valence-electron chi connectivity index (χ0n) is 11.4. The first kappa shape index (κ1) is 15.0. The van der Waals surface area contributed by atoms with Crippen LogP contribution < -0.4 is 5.73 Å². The molecule has 2 aromatic heterocycles. The fourth-order valence-electron chi connectivity index (χ4n) is 2.31. The van der Waals surface area contributed by atoms with E-state index in [0.717, 1.165) is 10.9 Å². The molecular weight excluding hydrogens is 296 g/mol. The highest BCUT2D eigenvalue weighted by molar-refractivity contribution is 7.16. The maximum Gasteiger partial charge on any atom is 0.0931 e. The van der Waals surface area contributed by atoms with Crippen LogP contribution >= 0.6 is 34.3 Å². The molecule has 0 saturated heterocycles. The van der Waals surface area contributed by atoms with Crippen LogP contribution in [-0.2, 0) is 6.54 Å². The van der Waals surface area contributed by atoms with Crippen molar-refractivity contribution in [2.75, 3.05) is 7.05 Å². The molecule has 2 atom stereocenters. The fraction of sp³-hybridized carbons (Fsp3) is 0.429. The van der Waals surface area contributed by atoms with Gasteiger partial charge in [0, 0.05) is 22.3 Å². The van der Waals surface area contributed by atoms with Gasteiger partial charge in [-0.2, -0.15) is 0 Å². The Hall–Kier alpha value is -0.390. The van der Waals surface area contributed by atoms with Gasteiger partial charge in [0.15, 0.2) is 0 Å². The number of hydrogen-bond acceptors (Lipinski definition) is 4. The highest BCUT2D eigenvalue weighted by Crippen LogP contribution is 2.32. The average Bonchev–Trinajstić information content (AvgIpc) is 2.89. The minimum absolute atomic E-state index is 0.0952. The van der Waals surface area contributed by atoms with Gasteiger partial charge < -0.3 is 5.73 Å². The Bertz CT molecular complexity index is 533. The maximum absolute atomic E-state index is 6.20. The van der Waals surface area contributed by atoms with Crippen LogP contribution in [0.4, 0.5) is 0 Å². The average molecular weight is 315 g/mol. The van der Waals surface area contributed by atoms with Crippen molar-refractivity contribution in [3.8, 4) is 0 Å². The topological polar surface area (TPSA) is 29.3 Å². The Labute approximate surface area is 127 Å². The van der Waals surface area contributed by atoms with Gasteiger partial charge in [-0.1, -0.05) is 11.6 Å². The Balaban J connectivity index is 2.18. The summed E-state index contributed by atoms with van der Waals surface area (Å²) in [6.07, 6.45) is 0. The minimum Gasteiger partial charge on any atom is -0.326 e. The molecule has 0 bridgehead atoms. The molecule has 0 aromatic carbocycles. The van der Waals surface area contributed by atoms with Gasteiger partial charge in [-0.15, -0.1) is 22.7 Å². The monoisotopic (exact) mass is 314 g/mol. The summed E-state index contributed by atoms with van der Waals surface area (Å²) in [6.45, 7) is 5.10. The first-order chi connectivity index (χ1) is 8.99. The second-order valence-electron chi connectivity index (χ2n) is 4.89. The van der Waals surface area contributed by atoms with Crippen molar-refractivity contribution in [1.29, 1.82) is 0 Å². The second-order valence-corrected chi connectivity index (χ2v) is 7.64. The lowest BCUT2D eigenvalue weighted by atomic mass is 10.0. The number of nitrogens with zero attached hydrogens (tertiary/aromatic N) is 1. The lowest BCUT2D eigenvalue weighted by Crippen LogP contribution is -2.36. The third-order valence-electron chi connectivity index (χ3n) is 3.18. The maximum atomic E-state index is 6.20. The molecule has 0 aliphatic heterocycles. The number of thiophene rings is 2. The number of nitrogens with two attached hydrogens (primary N) is 1. The van der Waals surface area contributed by atoms with Gasteiger partial charge in [0.2, 0.25) is 0 Å². The zero-order chi connectivity index (χ0) is 14.0. The van der Waals surface area contributed by atoms with Crippen molar-refractivity contribution in [1.82, 2.24) is 4.90 Å². The largest absolute Gasteiger partial charge is 0.326 e. The highest BCUT2D eigenvalue weighted by Gasteiger charge is 2.24. The van der Waals surface area contributed by atoms with Gasteiger partial charge in [-0.3, -0.25) is 4.90 Å². The lowest BCUT2D eigenvalue weighted by Gasteiger charge is -2.30. The fourth-order valence-corrected chi connectivity index (χ4v) is 4.67. The first-order valence-corrected chi connectivity index (χ1v) is 8.30. The molecule has 2 aromatic rings. The molecule has 5 heteroatoms. The number of rotatable bonds is 5. The van der Waals surface area contributed by atoms with E-state index in [1.54, 1.807) is 22.7 Å². The molecule has 0 saturated carbocycles. The molecule has 2 heterocycles. The Morgan fingerprint density at radius 1 is 1.37 bits per heavy atom. The van der Waals surface area contributed by atoms with E-state index in [9.17, 15) is 0 Å². The van der Waals surface area contributed by atoms with E-state index in [-0.39, 0.29) is 12.1 Å². The van der Waals surface area contributed by atoms with Crippen LogP contribution in [0.3, 0.4) is 0 Å². The smallest absolute Gasteiger partial charge is 0.0931 e. The first-order valence-electron chi connectivity index (χ1n) is 6.23. The molecule has 0 fully saturated rings. The third-order valence-corrected chi connectivity index (χ3v) is 5.48. The molecule has 0 aliphatic carbocycles. The molecule has 0 radical (unpaired) electrons. The highest BCUT2D eigenvalue weighted by atomic mass is 35.5. The van der Waals surface area contributed by atoms with Crippen LogP contribution in [0.25, 0.3) is 0 Å². The number of halogens is 1. The summed E-state index contributed by atoms with van der Waals surface area (Å²) < 4.78 is 0.841. The molecular formula is C14H19ClN2S2. The van der Waals surface area contributed by atoms with Gasteiger partial charge in [-0.25, -0.2) is 0 Å². The van der Waals surface area contributed by atoms with Crippen LogP contribution in [0.1, 0.15) is 28.3 Å². The summed E-state index contributed by atoms with van der Waals surface area (Å²) in [5.74, 6) is 0. The van der Waals surface area contributed by atoms with E-state index < -0.39 is 0 Å². The van der Waals surface area contributed by atoms with Crippen molar-refractivity contribution in [2.24, 2.45) is 5.73 Å². The Kier molecular flexibility index (Phi) is 5.03. The van der Waals surface area contributed by atoms with Gasteiger partial charge in [-0.05, 0) is 50.0 Å². The van der Waals surface area contributed by atoms with Crippen molar-refractivity contribution in [2.45, 2.75) is 32.5 Å². The predicted octanol–water partition coefficient (Wildman–Crippen LogP) is 4.29. The minimum atomic E-state index is 0.0952. The second kappa shape index (κ2) is 6.37.